The largest absolute Gasteiger partial charge is 0.353 e. The molecule has 0 aliphatic carbocycles. The number of anilines is 2. The van der Waals surface area contributed by atoms with Crippen LogP contribution >= 0.6 is 0 Å². The summed E-state index contributed by atoms with van der Waals surface area (Å²) in [6.07, 6.45) is 1.69. The van der Waals surface area contributed by atoms with Gasteiger partial charge in [0.25, 0.3) is 5.56 Å². The van der Waals surface area contributed by atoms with Crippen molar-refractivity contribution in [2.75, 3.05) is 36.4 Å². The van der Waals surface area contributed by atoms with Gasteiger partial charge in [-0.15, -0.1) is 5.10 Å². The fourth-order valence-corrected chi connectivity index (χ4v) is 4.11. The summed E-state index contributed by atoms with van der Waals surface area (Å²) in [5.74, 6) is 0.742. The minimum absolute atomic E-state index is 0.0780. The molecule has 0 atom stereocenters. The van der Waals surface area contributed by atoms with E-state index >= 15 is 0 Å². The summed E-state index contributed by atoms with van der Waals surface area (Å²) in [6, 6.07) is 17.1. The number of hydrogen-bond donors (Lipinski definition) is 1. The van der Waals surface area contributed by atoms with Crippen molar-refractivity contribution < 1.29 is 4.79 Å². The third-order valence-corrected chi connectivity index (χ3v) is 6.27. The first-order valence-corrected chi connectivity index (χ1v) is 11.5. The van der Waals surface area contributed by atoms with Gasteiger partial charge >= 0.3 is 6.03 Å². The molecule has 1 aliphatic heterocycles. The van der Waals surface area contributed by atoms with E-state index in [0.29, 0.717) is 19.6 Å². The van der Waals surface area contributed by atoms with E-state index in [1.165, 1.54) is 10.2 Å². The van der Waals surface area contributed by atoms with Crippen LogP contribution in [0.15, 0.2) is 59.4 Å². The number of nitrogens with one attached hydrogen (secondary N) is 1. The number of amides is 2. The molecule has 2 heterocycles. The van der Waals surface area contributed by atoms with Gasteiger partial charge in [0.05, 0.1) is 5.69 Å². The summed E-state index contributed by atoms with van der Waals surface area (Å²) < 4.78 is 1.46. The Kier molecular flexibility index (Phi) is 6.77. The molecular weight excluding hydrogens is 414 g/mol. The van der Waals surface area contributed by atoms with E-state index < -0.39 is 0 Å². The van der Waals surface area contributed by atoms with Crippen LogP contribution in [0.2, 0.25) is 0 Å². The standard InChI is InChI=1S/C26H31N5O2/c1-4-21-8-5-6-9-23(21)27-26(33)30-15-7-14-29(16-17-30)24-12-13-25(32)31(28-24)22-11-10-19(2)20(3)18-22/h5-6,8-13,18H,4,7,14-17H2,1-3H3,(H,27,33). The zero-order valence-corrected chi connectivity index (χ0v) is 19.5. The Bertz CT molecular complexity index is 1200. The third kappa shape index (κ3) is 5.08. The van der Waals surface area contributed by atoms with Gasteiger partial charge in [-0.3, -0.25) is 4.79 Å². The molecule has 1 saturated heterocycles. The summed E-state index contributed by atoms with van der Waals surface area (Å²) in [5, 5.41) is 7.72. The summed E-state index contributed by atoms with van der Waals surface area (Å²) in [5.41, 5.74) is 4.89. The van der Waals surface area contributed by atoms with Gasteiger partial charge in [-0.25, -0.2) is 4.79 Å². The molecule has 33 heavy (non-hydrogen) atoms. The van der Waals surface area contributed by atoms with Crippen molar-refractivity contribution in [3.63, 3.8) is 0 Å². The summed E-state index contributed by atoms with van der Waals surface area (Å²) >= 11 is 0. The molecule has 2 aromatic carbocycles. The normalized spacial score (nSPS) is 14.2. The Morgan fingerprint density at radius 3 is 2.58 bits per heavy atom. The van der Waals surface area contributed by atoms with Crippen molar-refractivity contribution in [2.24, 2.45) is 0 Å². The van der Waals surface area contributed by atoms with Gasteiger partial charge in [-0.05, 0) is 67.6 Å². The molecule has 1 fully saturated rings. The fraction of sp³-hybridized carbons (Fsp3) is 0.346. The van der Waals surface area contributed by atoms with E-state index in [0.717, 1.165) is 47.7 Å². The van der Waals surface area contributed by atoms with E-state index in [9.17, 15) is 9.59 Å². The van der Waals surface area contributed by atoms with Crippen LogP contribution in [-0.4, -0.2) is 46.9 Å². The number of aromatic nitrogens is 2. The van der Waals surface area contributed by atoms with E-state index in [2.05, 4.69) is 22.2 Å². The van der Waals surface area contributed by atoms with Gasteiger partial charge in [0.2, 0.25) is 0 Å². The molecule has 7 heteroatoms. The number of carbonyl (C=O) groups excluding carboxylic acids is 1. The molecule has 0 spiro atoms. The Hall–Kier alpha value is -3.61. The smallest absolute Gasteiger partial charge is 0.321 e. The minimum Gasteiger partial charge on any atom is -0.353 e. The number of urea groups is 1. The molecule has 2 amide bonds. The van der Waals surface area contributed by atoms with E-state index in [4.69, 9.17) is 0 Å². The van der Waals surface area contributed by atoms with Crippen LogP contribution in [0.4, 0.5) is 16.3 Å². The molecule has 3 aromatic rings. The highest BCUT2D eigenvalue weighted by Gasteiger charge is 2.21. The van der Waals surface area contributed by atoms with Gasteiger partial charge < -0.3 is 15.1 Å². The van der Waals surface area contributed by atoms with Crippen molar-refractivity contribution in [1.29, 1.82) is 0 Å². The monoisotopic (exact) mass is 445 g/mol. The molecule has 4 rings (SSSR count). The molecule has 1 aliphatic rings. The number of carbonyl (C=O) groups is 1. The molecule has 0 saturated carbocycles. The Morgan fingerprint density at radius 2 is 1.79 bits per heavy atom. The first-order chi connectivity index (χ1) is 16.0. The predicted octanol–water partition coefficient (Wildman–Crippen LogP) is 4.16. The van der Waals surface area contributed by atoms with Crippen LogP contribution < -0.4 is 15.8 Å². The van der Waals surface area contributed by atoms with Gasteiger partial charge in [-0.2, -0.15) is 4.68 Å². The maximum atomic E-state index is 12.9. The first kappa shape index (κ1) is 22.6. The molecule has 0 bridgehead atoms. The second-order valence-corrected chi connectivity index (χ2v) is 8.48. The lowest BCUT2D eigenvalue weighted by Gasteiger charge is -2.24. The van der Waals surface area contributed by atoms with Crippen molar-refractivity contribution >= 4 is 17.5 Å². The van der Waals surface area contributed by atoms with Gasteiger partial charge in [-0.1, -0.05) is 31.2 Å². The van der Waals surface area contributed by atoms with Crippen molar-refractivity contribution in [1.82, 2.24) is 14.7 Å². The molecule has 0 radical (unpaired) electrons. The number of para-hydroxylation sites is 1. The van der Waals surface area contributed by atoms with Crippen LogP contribution in [0.25, 0.3) is 5.69 Å². The van der Waals surface area contributed by atoms with Gasteiger partial charge in [0.15, 0.2) is 0 Å². The maximum Gasteiger partial charge on any atom is 0.321 e. The molecule has 7 nitrogen and oxygen atoms in total. The van der Waals surface area contributed by atoms with Crippen molar-refractivity contribution in [2.45, 2.75) is 33.6 Å². The highest BCUT2D eigenvalue weighted by Crippen LogP contribution is 2.18. The van der Waals surface area contributed by atoms with Crippen LogP contribution in [0.5, 0.6) is 0 Å². The summed E-state index contributed by atoms with van der Waals surface area (Å²) in [4.78, 5) is 29.4. The number of hydrogen-bond acceptors (Lipinski definition) is 4. The Balaban J connectivity index is 1.48. The van der Waals surface area contributed by atoms with Crippen molar-refractivity contribution in [3.8, 4) is 5.69 Å². The van der Waals surface area contributed by atoms with E-state index in [-0.39, 0.29) is 11.6 Å². The number of benzene rings is 2. The van der Waals surface area contributed by atoms with E-state index in [1.807, 2.05) is 61.2 Å². The number of rotatable bonds is 4. The Labute approximate surface area is 194 Å². The number of aryl methyl sites for hydroxylation is 3. The summed E-state index contributed by atoms with van der Waals surface area (Å²) in [6.45, 7) is 8.85. The molecular formula is C26H31N5O2. The summed E-state index contributed by atoms with van der Waals surface area (Å²) in [7, 11) is 0. The average molecular weight is 446 g/mol. The quantitative estimate of drug-likeness (QED) is 0.655. The lowest BCUT2D eigenvalue weighted by atomic mass is 10.1. The van der Waals surface area contributed by atoms with E-state index in [1.54, 1.807) is 12.1 Å². The topological polar surface area (TPSA) is 70.5 Å². The molecule has 1 N–H and O–H groups in total. The molecule has 0 unspecified atom stereocenters. The predicted molar refractivity (Wildman–Crippen MR) is 133 cm³/mol. The average Bonchev–Trinajstić information content (AvgIpc) is 3.08. The zero-order chi connectivity index (χ0) is 23.4. The third-order valence-electron chi connectivity index (χ3n) is 6.27. The Morgan fingerprint density at radius 1 is 0.970 bits per heavy atom. The van der Waals surface area contributed by atoms with Crippen LogP contribution in [0.3, 0.4) is 0 Å². The van der Waals surface area contributed by atoms with Gasteiger partial charge in [0, 0.05) is 37.9 Å². The van der Waals surface area contributed by atoms with Crippen LogP contribution in [-0.2, 0) is 6.42 Å². The fourth-order valence-electron chi connectivity index (χ4n) is 4.11. The highest BCUT2D eigenvalue weighted by molar-refractivity contribution is 5.90. The minimum atomic E-state index is -0.160. The second-order valence-electron chi connectivity index (χ2n) is 8.48. The van der Waals surface area contributed by atoms with Crippen molar-refractivity contribution in [3.05, 3.63) is 81.6 Å². The lowest BCUT2D eigenvalue weighted by molar-refractivity contribution is 0.215. The number of nitrogens with zero attached hydrogens (tertiary/aromatic N) is 4. The van der Waals surface area contributed by atoms with Gasteiger partial charge in [0.1, 0.15) is 5.82 Å². The van der Waals surface area contributed by atoms with Crippen LogP contribution in [0, 0.1) is 13.8 Å². The SMILES string of the molecule is CCc1ccccc1NC(=O)N1CCCN(c2ccc(=O)n(-c3ccc(C)c(C)c3)n2)CC1. The zero-order valence-electron chi connectivity index (χ0n) is 19.5. The highest BCUT2D eigenvalue weighted by atomic mass is 16.2. The lowest BCUT2D eigenvalue weighted by Crippen LogP contribution is -2.38. The first-order valence-electron chi connectivity index (χ1n) is 11.5. The van der Waals surface area contributed by atoms with Crippen LogP contribution in [0.1, 0.15) is 30.0 Å². The molecule has 172 valence electrons. The second kappa shape index (κ2) is 9.90. The maximum absolute atomic E-state index is 12.9. The molecule has 1 aromatic heterocycles.